The largest absolute Gasteiger partial charge is 0.309 e. The second kappa shape index (κ2) is 4.47. The number of carbonyl (C=O) groups excluding carboxylic acids is 1. The molecule has 1 aromatic rings. The lowest BCUT2D eigenvalue weighted by molar-refractivity contribution is -0.117. The summed E-state index contributed by atoms with van der Waals surface area (Å²) in [7, 11) is -4.80. The summed E-state index contributed by atoms with van der Waals surface area (Å²) in [4.78, 5) is 12.6. The molecule has 0 saturated carbocycles. The van der Waals surface area contributed by atoms with Crippen molar-refractivity contribution < 1.29 is 21.5 Å². The number of amides is 1. The maximum atomic E-state index is 13.1. The van der Waals surface area contributed by atoms with Crippen LogP contribution in [0.25, 0.3) is 0 Å². The van der Waals surface area contributed by atoms with E-state index in [4.69, 9.17) is 11.6 Å². The fraction of sp³-hybridized carbons (Fsp3) is 0.300. The Labute approximate surface area is 107 Å². The van der Waals surface area contributed by atoms with Crippen LogP contribution in [-0.2, 0) is 15.0 Å². The molecular formula is C10H8ClF2NO3S. The number of anilines is 1. The molecule has 0 radical (unpaired) electrons. The third-order valence-electron chi connectivity index (χ3n) is 2.69. The summed E-state index contributed by atoms with van der Waals surface area (Å²) in [5.74, 6) is -1.22. The molecule has 1 fully saturated rings. The first-order chi connectivity index (χ1) is 8.29. The van der Waals surface area contributed by atoms with Crippen LogP contribution in [0.4, 0.5) is 14.0 Å². The lowest BCUT2D eigenvalue weighted by Crippen LogP contribution is -2.27. The molecule has 1 saturated heterocycles. The number of hydrogen-bond donors (Lipinski definition) is 0. The Hall–Kier alpha value is -1.21. The Morgan fingerprint density at radius 3 is 2.61 bits per heavy atom. The normalized spacial score (nSPS) is 20.5. The Morgan fingerprint density at radius 1 is 1.39 bits per heavy atom. The van der Waals surface area contributed by atoms with Gasteiger partial charge in [0.2, 0.25) is 5.91 Å². The summed E-state index contributed by atoms with van der Waals surface area (Å²) in [5.41, 5.74) is 0.0489. The minimum atomic E-state index is -4.80. The maximum absolute atomic E-state index is 13.1. The molecule has 1 aromatic carbocycles. The number of hydrogen-bond acceptors (Lipinski definition) is 3. The first-order valence-corrected chi connectivity index (χ1v) is 6.80. The van der Waals surface area contributed by atoms with Gasteiger partial charge in [-0.05, 0) is 18.2 Å². The van der Waals surface area contributed by atoms with Crippen molar-refractivity contribution in [2.75, 3.05) is 11.4 Å². The molecule has 8 heteroatoms. The molecule has 4 nitrogen and oxygen atoms in total. The fourth-order valence-corrected chi connectivity index (χ4v) is 2.68. The van der Waals surface area contributed by atoms with Gasteiger partial charge in [-0.25, -0.2) is 4.39 Å². The van der Waals surface area contributed by atoms with Crippen LogP contribution in [0.15, 0.2) is 18.2 Å². The molecule has 0 spiro atoms. The molecule has 0 aromatic heterocycles. The van der Waals surface area contributed by atoms with Crippen LogP contribution in [0.2, 0.25) is 5.02 Å². The molecule has 1 atom stereocenters. The van der Waals surface area contributed by atoms with Gasteiger partial charge in [0.25, 0.3) is 0 Å². The molecule has 2 rings (SSSR count). The summed E-state index contributed by atoms with van der Waals surface area (Å²) in [5, 5.41) is -1.33. The highest BCUT2D eigenvalue weighted by molar-refractivity contribution is 7.87. The standard InChI is InChI=1S/C10H8ClF2NO3S/c11-8-2-1-6(12)3-9(8)14-5-7(4-10(14)15)18(13,16)17/h1-3,7H,4-5H2. The van der Waals surface area contributed by atoms with E-state index in [2.05, 4.69) is 0 Å². The van der Waals surface area contributed by atoms with Gasteiger partial charge < -0.3 is 4.90 Å². The van der Waals surface area contributed by atoms with E-state index in [1.54, 1.807) is 0 Å². The zero-order valence-electron chi connectivity index (χ0n) is 8.94. The van der Waals surface area contributed by atoms with Gasteiger partial charge in [0.1, 0.15) is 11.1 Å². The third kappa shape index (κ3) is 2.46. The number of benzene rings is 1. The molecule has 1 aliphatic rings. The predicted octanol–water partition coefficient (Wildman–Crippen LogP) is 1.88. The predicted molar refractivity (Wildman–Crippen MR) is 62.2 cm³/mol. The molecule has 18 heavy (non-hydrogen) atoms. The van der Waals surface area contributed by atoms with Crippen molar-refractivity contribution in [3.8, 4) is 0 Å². The molecule has 98 valence electrons. The van der Waals surface area contributed by atoms with Gasteiger partial charge in [-0.15, -0.1) is 3.89 Å². The van der Waals surface area contributed by atoms with Gasteiger partial charge in [-0.1, -0.05) is 11.6 Å². The van der Waals surface area contributed by atoms with Crippen LogP contribution >= 0.6 is 11.6 Å². The van der Waals surface area contributed by atoms with Crippen molar-refractivity contribution in [2.24, 2.45) is 0 Å². The van der Waals surface area contributed by atoms with E-state index in [-0.39, 0.29) is 17.3 Å². The Kier molecular flexibility index (Phi) is 3.29. The average Bonchev–Trinajstić information content (AvgIpc) is 2.64. The molecule has 0 N–H and O–H groups in total. The second-order valence-electron chi connectivity index (χ2n) is 3.90. The van der Waals surface area contributed by atoms with Gasteiger partial charge in [0, 0.05) is 13.0 Å². The monoisotopic (exact) mass is 295 g/mol. The highest BCUT2D eigenvalue weighted by Gasteiger charge is 2.39. The summed E-state index contributed by atoms with van der Waals surface area (Å²) < 4.78 is 47.4. The smallest absolute Gasteiger partial charge is 0.307 e. The number of halogens is 3. The SMILES string of the molecule is O=C1CC(S(=O)(=O)F)CN1c1cc(F)ccc1Cl. The highest BCUT2D eigenvalue weighted by atomic mass is 35.5. The van der Waals surface area contributed by atoms with Crippen molar-refractivity contribution in [3.63, 3.8) is 0 Å². The minimum Gasteiger partial charge on any atom is -0.309 e. The van der Waals surface area contributed by atoms with Crippen molar-refractivity contribution in [3.05, 3.63) is 29.0 Å². The summed E-state index contributed by atoms with van der Waals surface area (Å²) in [6.45, 7) is -0.360. The minimum absolute atomic E-state index is 0.0489. The Morgan fingerprint density at radius 2 is 2.06 bits per heavy atom. The molecule has 1 amide bonds. The zero-order chi connectivity index (χ0) is 13.5. The highest BCUT2D eigenvalue weighted by Crippen LogP contribution is 2.31. The summed E-state index contributed by atoms with van der Waals surface area (Å²) in [6, 6.07) is 3.36. The van der Waals surface area contributed by atoms with Gasteiger partial charge >= 0.3 is 10.2 Å². The number of rotatable bonds is 2. The van der Waals surface area contributed by atoms with E-state index < -0.39 is 33.6 Å². The summed E-state index contributed by atoms with van der Waals surface area (Å²) >= 11 is 5.80. The van der Waals surface area contributed by atoms with Crippen molar-refractivity contribution in [2.45, 2.75) is 11.7 Å². The summed E-state index contributed by atoms with van der Waals surface area (Å²) in [6.07, 6.45) is -0.467. The molecule has 0 bridgehead atoms. The average molecular weight is 296 g/mol. The molecule has 0 aliphatic carbocycles. The van der Waals surface area contributed by atoms with E-state index in [9.17, 15) is 21.5 Å². The first-order valence-electron chi connectivity index (χ1n) is 4.98. The van der Waals surface area contributed by atoms with Gasteiger partial charge in [0.15, 0.2) is 0 Å². The third-order valence-corrected chi connectivity index (χ3v) is 4.12. The van der Waals surface area contributed by atoms with E-state index >= 15 is 0 Å². The van der Waals surface area contributed by atoms with Crippen LogP contribution < -0.4 is 4.90 Å². The van der Waals surface area contributed by atoms with Gasteiger partial charge in [0.05, 0.1) is 10.7 Å². The first kappa shape index (κ1) is 13.2. The second-order valence-corrected chi connectivity index (χ2v) is 5.93. The van der Waals surface area contributed by atoms with Gasteiger partial charge in [-0.3, -0.25) is 4.79 Å². The fourth-order valence-electron chi connectivity index (χ4n) is 1.79. The van der Waals surface area contributed by atoms with Crippen LogP contribution in [0.5, 0.6) is 0 Å². The lowest BCUT2D eigenvalue weighted by atomic mass is 10.3. The quantitative estimate of drug-likeness (QED) is 0.783. The van der Waals surface area contributed by atoms with E-state index in [1.807, 2.05) is 0 Å². The van der Waals surface area contributed by atoms with Crippen molar-refractivity contribution >= 4 is 33.4 Å². The molecule has 1 unspecified atom stereocenters. The van der Waals surface area contributed by atoms with Gasteiger partial charge in [-0.2, -0.15) is 8.42 Å². The lowest BCUT2D eigenvalue weighted by Gasteiger charge is -2.17. The van der Waals surface area contributed by atoms with E-state index in [0.717, 1.165) is 17.0 Å². The topological polar surface area (TPSA) is 54.5 Å². The van der Waals surface area contributed by atoms with Crippen LogP contribution in [0.3, 0.4) is 0 Å². The van der Waals surface area contributed by atoms with Crippen LogP contribution in [0, 0.1) is 5.82 Å². The Balaban J connectivity index is 2.35. The molecular weight excluding hydrogens is 288 g/mol. The number of carbonyl (C=O) groups is 1. The molecule has 1 heterocycles. The zero-order valence-corrected chi connectivity index (χ0v) is 10.5. The molecule has 1 aliphatic heterocycles. The van der Waals surface area contributed by atoms with E-state index in [0.29, 0.717) is 0 Å². The van der Waals surface area contributed by atoms with Crippen molar-refractivity contribution in [1.82, 2.24) is 0 Å². The van der Waals surface area contributed by atoms with Crippen molar-refractivity contribution in [1.29, 1.82) is 0 Å². The number of nitrogens with zero attached hydrogens (tertiary/aromatic N) is 1. The Bertz CT molecular complexity index is 605. The van der Waals surface area contributed by atoms with Crippen LogP contribution in [-0.4, -0.2) is 26.1 Å². The maximum Gasteiger partial charge on any atom is 0.307 e. The van der Waals surface area contributed by atoms with E-state index in [1.165, 1.54) is 6.07 Å². The van der Waals surface area contributed by atoms with Crippen LogP contribution in [0.1, 0.15) is 6.42 Å².